The highest BCUT2D eigenvalue weighted by Crippen LogP contribution is 2.27. The van der Waals surface area contributed by atoms with Crippen molar-refractivity contribution < 1.29 is 13.3 Å². The third kappa shape index (κ3) is 3.92. The highest BCUT2D eigenvalue weighted by atomic mass is 32.2. The number of benzene rings is 2. The number of para-hydroxylation sites is 1. The predicted molar refractivity (Wildman–Crippen MR) is 98.3 cm³/mol. The van der Waals surface area contributed by atoms with Gasteiger partial charge < -0.3 is 0 Å². The molecule has 3 rings (SSSR count). The third-order valence-corrected chi connectivity index (χ3v) is 6.45. The number of hydrogen-bond acceptors (Lipinski definition) is 5. The predicted octanol–water partition coefficient (Wildman–Crippen LogP) is 2.41. The van der Waals surface area contributed by atoms with E-state index in [2.05, 4.69) is 17.0 Å². The first-order valence-corrected chi connectivity index (χ1v) is 9.83. The fraction of sp³-hybridized carbons (Fsp3) is 0.333. The van der Waals surface area contributed by atoms with Gasteiger partial charge in [-0.3, -0.25) is 15.0 Å². The molecule has 1 fully saturated rings. The minimum absolute atomic E-state index is 0.239. The molecular weight excluding hydrogens is 354 g/mol. The van der Waals surface area contributed by atoms with E-state index in [1.54, 1.807) is 0 Å². The van der Waals surface area contributed by atoms with Gasteiger partial charge in [-0.1, -0.05) is 42.0 Å². The molecule has 0 aromatic heterocycles. The number of nitrogens with zero attached hydrogens (tertiary/aromatic N) is 3. The van der Waals surface area contributed by atoms with Crippen molar-refractivity contribution in [2.75, 3.05) is 26.2 Å². The number of sulfonamides is 1. The SMILES string of the molecule is Cc1cccc(CN2CCN(S(=O)(=O)c3ccccc3[N+](=O)[O-])CC2)c1. The van der Waals surface area contributed by atoms with Crippen LogP contribution in [0, 0.1) is 17.0 Å². The Hall–Kier alpha value is -2.29. The van der Waals surface area contributed by atoms with E-state index in [1.165, 1.54) is 39.7 Å². The summed E-state index contributed by atoms with van der Waals surface area (Å²) >= 11 is 0. The summed E-state index contributed by atoms with van der Waals surface area (Å²) in [7, 11) is -3.88. The van der Waals surface area contributed by atoms with E-state index in [-0.39, 0.29) is 10.6 Å². The van der Waals surface area contributed by atoms with E-state index in [0.717, 1.165) is 6.54 Å². The molecule has 7 nitrogen and oxygen atoms in total. The molecule has 0 amide bonds. The Labute approximate surface area is 153 Å². The van der Waals surface area contributed by atoms with Gasteiger partial charge in [0.2, 0.25) is 10.0 Å². The molecule has 1 heterocycles. The van der Waals surface area contributed by atoms with Gasteiger partial charge in [0.05, 0.1) is 4.92 Å². The highest BCUT2D eigenvalue weighted by molar-refractivity contribution is 7.89. The number of nitro benzene ring substituents is 1. The zero-order chi connectivity index (χ0) is 18.7. The maximum atomic E-state index is 12.8. The van der Waals surface area contributed by atoms with E-state index in [1.807, 2.05) is 19.1 Å². The molecular formula is C18H21N3O4S. The Balaban J connectivity index is 1.70. The summed E-state index contributed by atoms with van der Waals surface area (Å²) < 4.78 is 27.0. The topological polar surface area (TPSA) is 83.8 Å². The molecule has 138 valence electrons. The minimum Gasteiger partial charge on any atom is -0.296 e. The van der Waals surface area contributed by atoms with Crippen molar-refractivity contribution in [3.63, 3.8) is 0 Å². The standard InChI is InChI=1S/C18H21N3O4S/c1-15-5-4-6-16(13-15)14-19-9-11-20(12-10-19)26(24,25)18-8-3-2-7-17(18)21(22)23/h2-8,13H,9-12,14H2,1H3. The van der Waals surface area contributed by atoms with Crippen molar-refractivity contribution in [2.45, 2.75) is 18.4 Å². The zero-order valence-electron chi connectivity index (χ0n) is 14.5. The maximum absolute atomic E-state index is 12.8. The summed E-state index contributed by atoms with van der Waals surface area (Å²) in [5.41, 5.74) is 2.01. The van der Waals surface area contributed by atoms with Crippen LogP contribution in [0.25, 0.3) is 0 Å². The van der Waals surface area contributed by atoms with E-state index >= 15 is 0 Å². The molecule has 0 N–H and O–H groups in total. The van der Waals surface area contributed by atoms with Crippen LogP contribution in [0.5, 0.6) is 0 Å². The first-order chi connectivity index (χ1) is 12.4. The van der Waals surface area contributed by atoms with Crippen LogP contribution in [0.4, 0.5) is 5.69 Å². The van der Waals surface area contributed by atoms with E-state index in [0.29, 0.717) is 26.2 Å². The van der Waals surface area contributed by atoms with Crippen molar-refractivity contribution in [1.29, 1.82) is 0 Å². The van der Waals surface area contributed by atoms with Crippen LogP contribution in [-0.2, 0) is 16.6 Å². The molecule has 2 aromatic carbocycles. The molecule has 1 saturated heterocycles. The highest BCUT2D eigenvalue weighted by Gasteiger charge is 2.33. The summed E-state index contributed by atoms with van der Waals surface area (Å²) in [6.45, 7) is 4.63. The fourth-order valence-corrected chi connectivity index (χ4v) is 4.74. The van der Waals surface area contributed by atoms with Gasteiger partial charge in [0, 0.05) is 38.8 Å². The summed E-state index contributed by atoms with van der Waals surface area (Å²) in [5.74, 6) is 0. The molecule has 8 heteroatoms. The van der Waals surface area contributed by atoms with E-state index in [4.69, 9.17) is 0 Å². The summed E-state index contributed by atoms with van der Waals surface area (Å²) in [6, 6.07) is 13.7. The first-order valence-electron chi connectivity index (χ1n) is 8.39. The van der Waals surface area contributed by atoms with Gasteiger partial charge in [-0.25, -0.2) is 8.42 Å². The molecule has 1 aliphatic rings. The van der Waals surface area contributed by atoms with Gasteiger partial charge in [0.1, 0.15) is 0 Å². The van der Waals surface area contributed by atoms with Gasteiger partial charge >= 0.3 is 0 Å². The number of hydrogen-bond donors (Lipinski definition) is 0. The normalized spacial score (nSPS) is 16.5. The Morgan fingerprint density at radius 2 is 1.73 bits per heavy atom. The average molecular weight is 375 g/mol. The lowest BCUT2D eigenvalue weighted by Gasteiger charge is -2.33. The molecule has 0 atom stereocenters. The van der Waals surface area contributed by atoms with Crippen molar-refractivity contribution >= 4 is 15.7 Å². The molecule has 0 bridgehead atoms. The lowest BCUT2D eigenvalue weighted by Crippen LogP contribution is -2.48. The summed E-state index contributed by atoms with van der Waals surface area (Å²) in [5, 5.41) is 11.1. The van der Waals surface area contributed by atoms with Crippen molar-refractivity contribution in [1.82, 2.24) is 9.21 Å². The van der Waals surface area contributed by atoms with Crippen LogP contribution in [0.1, 0.15) is 11.1 Å². The molecule has 0 spiro atoms. The van der Waals surface area contributed by atoms with Crippen LogP contribution >= 0.6 is 0 Å². The van der Waals surface area contributed by atoms with Crippen LogP contribution in [0.3, 0.4) is 0 Å². The molecule has 0 saturated carbocycles. The summed E-state index contributed by atoms with van der Waals surface area (Å²) in [6.07, 6.45) is 0. The molecule has 1 aliphatic heterocycles. The first kappa shape index (κ1) is 18.5. The third-order valence-electron chi connectivity index (χ3n) is 4.50. The van der Waals surface area contributed by atoms with Crippen LogP contribution in [0.2, 0.25) is 0 Å². The Morgan fingerprint density at radius 3 is 2.38 bits per heavy atom. The second kappa shape index (κ2) is 7.53. The fourth-order valence-electron chi connectivity index (χ4n) is 3.16. The molecule has 0 unspecified atom stereocenters. The van der Waals surface area contributed by atoms with Gasteiger partial charge in [0.25, 0.3) is 5.69 Å². The lowest BCUT2D eigenvalue weighted by molar-refractivity contribution is -0.387. The van der Waals surface area contributed by atoms with Crippen LogP contribution in [0.15, 0.2) is 53.4 Å². The Kier molecular flexibility index (Phi) is 5.36. The van der Waals surface area contributed by atoms with Crippen molar-refractivity contribution in [2.24, 2.45) is 0 Å². The minimum atomic E-state index is -3.88. The second-order valence-electron chi connectivity index (χ2n) is 6.39. The molecule has 0 aliphatic carbocycles. The van der Waals surface area contributed by atoms with Crippen LogP contribution < -0.4 is 0 Å². The molecule has 0 radical (unpaired) electrons. The van der Waals surface area contributed by atoms with Gasteiger partial charge in [-0.15, -0.1) is 0 Å². The number of aryl methyl sites for hydroxylation is 1. The van der Waals surface area contributed by atoms with Gasteiger partial charge in [-0.2, -0.15) is 4.31 Å². The van der Waals surface area contributed by atoms with Crippen LogP contribution in [-0.4, -0.2) is 48.7 Å². The molecule has 2 aromatic rings. The monoisotopic (exact) mass is 375 g/mol. The maximum Gasteiger partial charge on any atom is 0.289 e. The molecule has 26 heavy (non-hydrogen) atoms. The Bertz CT molecular complexity index is 906. The number of rotatable bonds is 5. The largest absolute Gasteiger partial charge is 0.296 e. The number of nitro groups is 1. The van der Waals surface area contributed by atoms with Crippen molar-refractivity contribution in [3.8, 4) is 0 Å². The smallest absolute Gasteiger partial charge is 0.289 e. The lowest BCUT2D eigenvalue weighted by atomic mass is 10.1. The van der Waals surface area contributed by atoms with Crippen molar-refractivity contribution in [3.05, 3.63) is 69.8 Å². The van der Waals surface area contributed by atoms with Gasteiger partial charge in [-0.05, 0) is 18.6 Å². The summed E-state index contributed by atoms with van der Waals surface area (Å²) in [4.78, 5) is 12.5. The van der Waals surface area contributed by atoms with Gasteiger partial charge in [0.15, 0.2) is 4.90 Å². The number of piperazine rings is 1. The van der Waals surface area contributed by atoms with E-state index in [9.17, 15) is 18.5 Å². The average Bonchev–Trinajstić information content (AvgIpc) is 2.62. The quantitative estimate of drug-likeness (QED) is 0.592. The Morgan fingerprint density at radius 1 is 1.04 bits per heavy atom. The zero-order valence-corrected chi connectivity index (χ0v) is 15.4. The van der Waals surface area contributed by atoms with E-state index < -0.39 is 14.9 Å². The second-order valence-corrected chi connectivity index (χ2v) is 8.30.